The van der Waals surface area contributed by atoms with Crippen molar-refractivity contribution in [3.8, 4) is 0 Å². The van der Waals surface area contributed by atoms with Crippen LogP contribution in [0.3, 0.4) is 0 Å². The molecule has 1 heteroatoms. The van der Waals surface area contributed by atoms with Crippen molar-refractivity contribution in [3.05, 3.63) is 0 Å². The highest BCUT2D eigenvalue weighted by molar-refractivity contribution is 5.79. The van der Waals surface area contributed by atoms with E-state index in [2.05, 4.69) is 6.92 Å². The average Bonchev–Trinajstić information content (AvgIpc) is 2.02. The van der Waals surface area contributed by atoms with Gasteiger partial charge in [-0.1, -0.05) is 19.8 Å². The highest BCUT2D eigenvalue weighted by Gasteiger charge is 2.38. The van der Waals surface area contributed by atoms with E-state index in [1.807, 2.05) is 0 Å². The van der Waals surface area contributed by atoms with Crippen LogP contribution < -0.4 is 0 Å². The number of carbonyl (C=O) groups is 1. The first-order valence-corrected chi connectivity index (χ1v) is 5.72. The molecule has 2 unspecified atom stereocenters. The molecule has 0 aromatic carbocycles. The number of rotatable bonds is 0. The van der Waals surface area contributed by atoms with Gasteiger partial charge in [-0.3, -0.25) is 4.79 Å². The molecule has 0 aromatic rings. The maximum Gasteiger partial charge on any atom is 0.133 e. The molecule has 2 aliphatic carbocycles. The molecule has 0 aliphatic heterocycles. The third-order valence-corrected chi connectivity index (χ3v) is 3.92. The van der Waals surface area contributed by atoms with Crippen LogP contribution in [0.15, 0.2) is 0 Å². The van der Waals surface area contributed by atoms with Crippen LogP contribution >= 0.6 is 0 Å². The van der Waals surface area contributed by atoms with E-state index in [9.17, 15) is 4.79 Å². The van der Waals surface area contributed by atoms with Crippen molar-refractivity contribution in [2.75, 3.05) is 0 Å². The Labute approximate surface area is 80.9 Å². The Balaban J connectivity index is 2.04. The van der Waals surface area contributed by atoms with Crippen molar-refractivity contribution in [3.63, 3.8) is 0 Å². The molecule has 2 atom stereocenters. The first kappa shape index (κ1) is 9.23. The summed E-state index contributed by atoms with van der Waals surface area (Å²) in [6, 6.07) is 0. The minimum Gasteiger partial charge on any atom is -0.300 e. The Kier molecular flexibility index (Phi) is 2.44. The van der Waals surface area contributed by atoms with Gasteiger partial charge in [0.05, 0.1) is 0 Å². The van der Waals surface area contributed by atoms with E-state index in [0.29, 0.717) is 11.2 Å². The van der Waals surface area contributed by atoms with Crippen LogP contribution in [0.4, 0.5) is 0 Å². The smallest absolute Gasteiger partial charge is 0.133 e. The predicted molar refractivity (Wildman–Crippen MR) is 53.5 cm³/mol. The first-order chi connectivity index (χ1) is 6.20. The highest BCUT2D eigenvalue weighted by Crippen LogP contribution is 2.48. The largest absolute Gasteiger partial charge is 0.300 e. The van der Waals surface area contributed by atoms with Gasteiger partial charge < -0.3 is 0 Å². The van der Waals surface area contributed by atoms with Gasteiger partial charge in [-0.05, 0) is 37.0 Å². The van der Waals surface area contributed by atoms with E-state index in [4.69, 9.17) is 0 Å². The molecule has 0 N–H and O–H groups in total. The molecule has 2 rings (SSSR count). The Hall–Kier alpha value is -0.330. The summed E-state index contributed by atoms with van der Waals surface area (Å²) in [5, 5.41) is 0. The predicted octanol–water partition coefficient (Wildman–Crippen LogP) is 3.33. The summed E-state index contributed by atoms with van der Waals surface area (Å²) in [4.78, 5) is 11.4. The van der Waals surface area contributed by atoms with Gasteiger partial charge in [0.25, 0.3) is 0 Å². The number of carbonyl (C=O) groups excluding carboxylic acids is 1. The molecule has 13 heavy (non-hydrogen) atoms. The lowest BCUT2D eigenvalue weighted by atomic mass is 9.62. The fourth-order valence-electron chi connectivity index (χ4n) is 3.41. The molecule has 0 bridgehead atoms. The van der Waals surface area contributed by atoms with Crippen LogP contribution in [0.5, 0.6) is 0 Å². The Morgan fingerprint density at radius 1 is 1.31 bits per heavy atom. The molecule has 0 amide bonds. The van der Waals surface area contributed by atoms with Crippen LogP contribution in [-0.2, 0) is 4.79 Å². The first-order valence-electron chi connectivity index (χ1n) is 5.72. The third-order valence-electron chi connectivity index (χ3n) is 3.92. The topological polar surface area (TPSA) is 17.1 Å². The van der Waals surface area contributed by atoms with E-state index in [-0.39, 0.29) is 0 Å². The van der Waals surface area contributed by atoms with Gasteiger partial charge in [-0.2, -0.15) is 0 Å². The lowest BCUT2D eigenvalue weighted by molar-refractivity contribution is -0.124. The molecule has 0 aromatic heterocycles. The zero-order valence-corrected chi connectivity index (χ0v) is 8.64. The summed E-state index contributed by atoms with van der Waals surface area (Å²) in [5.41, 5.74) is 0.451. The second-order valence-corrected chi connectivity index (χ2v) is 5.27. The van der Waals surface area contributed by atoms with Crippen molar-refractivity contribution >= 4 is 5.78 Å². The van der Waals surface area contributed by atoms with E-state index >= 15 is 0 Å². The number of ketones is 1. The van der Waals surface area contributed by atoms with Gasteiger partial charge in [0.1, 0.15) is 5.78 Å². The standard InChI is InChI=1S/C12H20O/c1-10-4-2-6-12(8-10)7-3-5-11(13)9-12/h10H,2-9H2,1H3. The second kappa shape index (κ2) is 3.43. The van der Waals surface area contributed by atoms with Gasteiger partial charge in [0, 0.05) is 12.8 Å². The average molecular weight is 180 g/mol. The van der Waals surface area contributed by atoms with Gasteiger partial charge in [0.15, 0.2) is 0 Å². The van der Waals surface area contributed by atoms with Crippen LogP contribution in [-0.4, -0.2) is 5.78 Å². The lowest BCUT2D eigenvalue weighted by Crippen LogP contribution is -2.33. The van der Waals surface area contributed by atoms with E-state index in [0.717, 1.165) is 25.2 Å². The van der Waals surface area contributed by atoms with Crippen LogP contribution in [0.2, 0.25) is 0 Å². The van der Waals surface area contributed by atoms with Gasteiger partial charge in [-0.15, -0.1) is 0 Å². The molecule has 1 spiro atoms. The fraction of sp³-hybridized carbons (Fsp3) is 0.917. The van der Waals surface area contributed by atoms with E-state index < -0.39 is 0 Å². The van der Waals surface area contributed by atoms with Crippen molar-refractivity contribution in [2.24, 2.45) is 11.3 Å². The Bertz CT molecular complexity index is 205. The lowest BCUT2D eigenvalue weighted by Gasteiger charge is -2.42. The molecule has 2 fully saturated rings. The molecule has 0 radical (unpaired) electrons. The van der Waals surface area contributed by atoms with Crippen molar-refractivity contribution in [1.82, 2.24) is 0 Å². The zero-order valence-electron chi connectivity index (χ0n) is 8.64. The van der Waals surface area contributed by atoms with Crippen LogP contribution in [0.25, 0.3) is 0 Å². The Morgan fingerprint density at radius 2 is 2.08 bits per heavy atom. The minimum atomic E-state index is 0.451. The zero-order chi connectivity index (χ0) is 9.31. The van der Waals surface area contributed by atoms with Crippen LogP contribution in [0, 0.1) is 11.3 Å². The molecule has 74 valence electrons. The van der Waals surface area contributed by atoms with Gasteiger partial charge >= 0.3 is 0 Å². The van der Waals surface area contributed by atoms with Crippen molar-refractivity contribution in [1.29, 1.82) is 0 Å². The quantitative estimate of drug-likeness (QED) is 0.559. The van der Waals surface area contributed by atoms with Gasteiger partial charge in [0.2, 0.25) is 0 Å². The summed E-state index contributed by atoms with van der Waals surface area (Å²) >= 11 is 0. The van der Waals surface area contributed by atoms with Crippen molar-refractivity contribution in [2.45, 2.75) is 58.3 Å². The highest BCUT2D eigenvalue weighted by atomic mass is 16.1. The Morgan fingerprint density at radius 3 is 2.77 bits per heavy atom. The SMILES string of the molecule is CC1CCCC2(CCCC(=O)C2)C1. The summed E-state index contributed by atoms with van der Waals surface area (Å²) in [7, 11) is 0. The second-order valence-electron chi connectivity index (χ2n) is 5.27. The minimum absolute atomic E-state index is 0.451. The molecular formula is C12H20O. The summed E-state index contributed by atoms with van der Waals surface area (Å²) in [6.45, 7) is 2.35. The maximum atomic E-state index is 11.4. The van der Waals surface area contributed by atoms with Crippen molar-refractivity contribution < 1.29 is 4.79 Å². The molecule has 0 saturated heterocycles. The third kappa shape index (κ3) is 1.95. The number of hydrogen-bond donors (Lipinski definition) is 0. The molecule has 2 saturated carbocycles. The molecule has 1 nitrogen and oxygen atoms in total. The van der Waals surface area contributed by atoms with E-state index in [1.54, 1.807) is 0 Å². The number of Topliss-reactive ketones (excluding diaryl/α,β-unsaturated/α-hetero) is 1. The van der Waals surface area contributed by atoms with E-state index in [1.165, 1.54) is 32.1 Å². The number of hydrogen-bond acceptors (Lipinski definition) is 1. The molecular weight excluding hydrogens is 160 g/mol. The summed E-state index contributed by atoms with van der Waals surface area (Å²) in [6.07, 6.45) is 9.62. The summed E-state index contributed by atoms with van der Waals surface area (Å²) < 4.78 is 0. The normalized spacial score (nSPS) is 41.0. The molecule has 2 aliphatic rings. The molecule has 0 heterocycles. The fourth-order valence-corrected chi connectivity index (χ4v) is 3.41. The maximum absolute atomic E-state index is 11.4. The monoisotopic (exact) mass is 180 g/mol. The van der Waals surface area contributed by atoms with Crippen LogP contribution in [0.1, 0.15) is 58.3 Å². The van der Waals surface area contributed by atoms with Gasteiger partial charge in [-0.25, -0.2) is 0 Å². The summed E-state index contributed by atoms with van der Waals surface area (Å²) in [5.74, 6) is 1.39.